The van der Waals surface area contributed by atoms with Crippen LogP contribution in [-0.2, 0) is 6.42 Å². The van der Waals surface area contributed by atoms with Gasteiger partial charge in [-0.15, -0.1) is 0 Å². The van der Waals surface area contributed by atoms with E-state index in [2.05, 4.69) is 5.32 Å². The Morgan fingerprint density at radius 1 is 1.17 bits per heavy atom. The fraction of sp³-hybridized carbons (Fsp3) is 0.500. The first-order valence-corrected chi connectivity index (χ1v) is 6.65. The van der Waals surface area contributed by atoms with Crippen molar-refractivity contribution in [2.45, 2.75) is 16.3 Å². The van der Waals surface area contributed by atoms with E-state index in [0.29, 0.717) is 11.5 Å². The third kappa shape index (κ3) is 2.64. The molecule has 0 radical (unpaired) electrons. The Kier molecular flexibility index (Phi) is 4.17. The predicted molar refractivity (Wildman–Crippen MR) is 74.3 cm³/mol. The molecule has 0 saturated heterocycles. The molecule has 2 rings (SSSR count). The van der Waals surface area contributed by atoms with Gasteiger partial charge in [-0.3, -0.25) is 0 Å². The van der Waals surface area contributed by atoms with Crippen molar-refractivity contribution >= 4 is 34.8 Å². The summed E-state index contributed by atoms with van der Waals surface area (Å²) < 4.78 is 9.17. The Bertz CT molecular complexity index is 446. The lowest BCUT2D eigenvalue weighted by Crippen LogP contribution is -2.37. The number of halogens is 3. The van der Waals surface area contributed by atoms with Gasteiger partial charge in [0.05, 0.1) is 20.3 Å². The first-order valence-electron chi connectivity index (χ1n) is 5.52. The van der Waals surface area contributed by atoms with Gasteiger partial charge in [0, 0.05) is 0 Å². The molecule has 1 N–H and O–H groups in total. The van der Waals surface area contributed by atoms with Gasteiger partial charge in [0.25, 0.3) is 0 Å². The van der Waals surface area contributed by atoms with E-state index >= 15 is 0 Å². The van der Waals surface area contributed by atoms with Gasteiger partial charge in [-0.05, 0) is 36.2 Å². The zero-order valence-corrected chi connectivity index (χ0v) is 12.4. The number of fused-ring (bicyclic) bond motifs is 1. The summed E-state index contributed by atoms with van der Waals surface area (Å²) in [5.74, 6) is 1.33. The van der Waals surface area contributed by atoms with Gasteiger partial charge < -0.3 is 14.8 Å². The largest absolute Gasteiger partial charge is 0.493 e. The van der Waals surface area contributed by atoms with Crippen LogP contribution in [-0.4, -0.2) is 24.6 Å². The van der Waals surface area contributed by atoms with Crippen LogP contribution in [0.15, 0.2) is 12.1 Å². The van der Waals surface area contributed by atoms with Crippen LogP contribution in [0.2, 0.25) is 0 Å². The van der Waals surface area contributed by atoms with Crippen LogP contribution in [0.5, 0.6) is 11.5 Å². The molecule has 0 saturated carbocycles. The quantitative estimate of drug-likeness (QED) is 0.851. The van der Waals surface area contributed by atoms with E-state index in [1.165, 1.54) is 0 Å². The van der Waals surface area contributed by atoms with Crippen molar-refractivity contribution in [2.24, 2.45) is 0 Å². The van der Waals surface area contributed by atoms with E-state index in [-0.39, 0.29) is 6.04 Å². The van der Waals surface area contributed by atoms with Crippen LogP contribution in [0.4, 0.5) is 0 Å². The number of rotatable bonds is 2. The second-order valence-corrected chi connectivity index (χ2v) is 6.45. The van der Waals surface area contributed by atoms with E-state index in [0.717, 1.165) is 24.1 Å². The average Bonchev–Trinajstić information content (AvgIpc) is 2.35. The first kappa shape index (κ1) is 14.1. The third-order valence-electron chi connectivity index (χ3n) is 3.03. The fourth-order valence-electron chi connectivity index (χ4n) is 2.18. The lowest BCUT2D eigenvalue weighted by atomic mass is 9.94. The summed E-state index contributed by atoms with van der Waals surface area (Å²) in [7, 11) is 3.20. The Morgan fingerprint density at radius 3 is 2.33 bits per heavy atom. The maximum atomic E-state index is 6.01. The first-order chi connectivity index (χ1) is 8.47. The maximum absolute atomic E-state index is 6.01. The molecular formula is C12H14Cl3NO2. The van der Waals surface area contributed by atoms with E-state index < -0.39 is 3.79 Å². The van der Waals surface area contributed by atoms with E-state index in [1.54, 1.807) is 14.2 Å². The van der Waals surface area contributed by atoms with E-state index in [9.17, 15) is 0 Å². The van der Waals surface area contributed by atoms with Crippen LogP contribution in [0.1, 0.15) is 17.2 Å². The van der Waals surface area contributed by atoms with Gasteiger partial charge in [0.15, 0.2) is 11.5 Å². The molecule has 1 atom stereocenters. The lowest BCUT2D eigenvalue weighted by molar-refractivity contribution is 0.352. The van der Waals surface area contributed by atoms with E-state index in [1.807, 2.05) is 12.1 Å². The molecule has 100 valence electrons. The van der Waals surface area contributed by atoms with Crippen molar-refractivity contribution in [3.8, 4) is 11.5 Å². The van der Waals surface area contributed by atoms with Crippen molar-refractivity contribution in [1.29, 1.82) is 0 Å². The second kappa shape index (κ2) is 5.33. The van der Waals surface area contributed by atoms with E-state index in [4.69, 9.17) is 44.3 Å². The zero-order valence-electron chi connectivity index (χ0n) is 10.1. The highest BCUT2D eigenvalue weighted by molar-refractivity contribution is 6.68. The summed E-state index contributed by atoms with van der Waals surface area (Å²) in [4.78, 5) is 0. The number of nitrogens with one attached hydrogen (secondary N) is 1. The SMILES string of the molecule is COc1cc2c(cc1OC)C(C(Cl)(Cl)Cl)NCC2. The minimum absolute atomic E-state index is 0.342. The van der Waals surface area contributed by atoms with Crippen LogP contribution >= 0.6 is 34.8 Å². The standard InChI is InChI=1S/C12H14Cl3NO2/c1-17-9-5-7-3-4-16-11(12(13,14)15)8(7)6-10(9)18-2/h5-6,11,16H,3-4H2,1-2H3. The minimum Gasteiger partial charge on any atom is -0.493 e. The maximum Gasteiger partial charge on any atom is 0.209 e. The minimum atomic E-state index is -1.39. The summed E-state index contributed by atoms with van der Waals surface area (Å²) in [6.45, 7) is 0.765. The van der Waals surface area contributed by atoms with Gasteiger partial charge >= 0.3 is 0 Å². The highest BCUT2D eigenvalue weighted by atomic mass is 35.6. The molecule has 1 heterocycles. The fourth-order valence-corrected chi connectivity index (χ4v) is 2.76. The molecule has 1 aliphatic heterocycles. The molecule has 1 aromatic carbocycles. The lowest BCUT2D eigenvalue weighted by Gasteiger charge is -2.32. The van der Waals surface area contributed by atoms with Gasteiger partial charge in [-0.25, -0.2) is 0 Å². The predicted octanol–water partition coefficient (Wildman–Crippen LogP) is 3.26. The van der Waals surface area contributed by atoms with Crippen molar-refractivity contribution in [1.82, 2.24) is 5.32 Å². The second-order valence-electron chi connectivity index (χ2n) is 4.08. The van der Waals surface area contributed by atoms with Crippen LogP contribution in [0.25, 0.3) is 0 Å². The molecule has 0 fully saturated rings. The zero-order chi connectivity index (χ0) is 13.3. The molecule has 1 aliphatic rings. The Balaban J connectivity index is 2.50. The monoisotopic (exact) mass is 309 g/mol. The molecule has 0 bridgehead atoms. The van der Waals surface area contributed by atoms with Crippen LogP contribution in [0, 0.1) is 0 Å². The number of alkyl halides is 3. The summed E-state index contributed by atoms with van der Waals surface area (Å²) in [6, 6.07) is 3.47. The average molecular weight is 311 g/mol. The highest BCUT2D eigenvalue weighted by Gasteiger charge is 2.37. The topological polar surface area (TPSA) is 30.5 Å². The summed E-state index contributed by atoms with van der Waals surface area (Å²) >= 11 is 18.0. The van der Waals surface area contributed by atoms with Gasteiger partial charge in [0.2, 0.25) is 3.79 Å². The Labute approximate surface area is 121 Å². The highest BCUT2D eigenvalue weighted by Crippen LogP contribution is 2.45. The Morgan fingerprint density at radius 2 is 1.78 bits per heavy atom. The molecule has 18 heavy (non-hydrogen) atoms. The number of benzene rings is 1. The van der Waals surface area contributed by atoms with Crippen molar-refractivity contribution in [2.75, 3.05) is 20.8 Å². The molecule has 0 amide bonds. The van der Waals surface area contributed by atoms with Gasteiger partial charge in [-0.1, -0.05) is 34.8 Å². The number of hydrogen-bond acceptors (Lipinski definition) is 3. The summed E-state index contributed by atoms with van der Waals surface area (Å²) in [5.41, 5.74) is 2.06. The normalized spacial score (nSPS) is 19.3. The van der Waals surface area contributed by atoms with Crippen LogP contribution in [0.3, 0.4) is 0 Å². The summed E-state index contributed by atoms with van der Waals surface area (Å²) in [5, 5.41) is 3.21. The van der Waals surface area contributed by atoms with Gasteiger partial charge in [0.1, 0.15) is 0 Å². The molecule has 0 spiro atoms. The molecule has 3 nitrogen and oxygen atoms in total. The number of ether oxygens (including phenoxy) is 2. The van der Waals surface area contributed by atoms with Crippen LogP contribution < -0.4 is 14.8 Å². The number of hydrogen-bond donors (Lipinski definition) is 1. The van der Waals surface area contributed by atoms with Crippen molar-refractivity contribution in [3.63, 3.8) is 0 Å². The van der Waals surface area contributed by atoms with Crippen molar-refractivity contribution in [3.05, 3.63) is 23.3 Å². The Hall–Kier alpha value is -0.350. The number of methoxy groups -OCH3 is 2. The van der Waals surface area contributed by atoms with Crippen molar-refractivity contribution < 1.29 is 9.47 Å². The molecule has 1 unspecified atom stereocenters. The smallest absolute Gasteiger partial charge is 0.209 e. The molecule has 6 heteroatoms. The molecule has 0 aliphatic carbocycles. The third-order valence-corrected chi connectivity index (χ3v) is 3.68. The van der Waals surface area contributed by atoms with Gasteiger partial charge in [-0.2, -0.15) is 0 Å². The molecule has 0 aromatic heterocycles. The molecule has 1 aromatic rings. The molecular weight excluding hydrogens is 296 g/mol. The summed E-state index contributed by atoms with van der Waals surface area (Å²) in [6.07, 6.45) is 0.868.